The van der Waals surface area contributed by atoms with Gasteiger partial charge < -0.3 is 9.47 Å². The molecule has 0 saturated heterocycles. The van der Waals surface area contributed by atoms with E-state index in [2.05, 4.69) is 0 Å². The third kappa shape index (κ3) is 6.60. The fourth-order valence-electron chi connectivity index (χ4n) is 0.755. The van der Waals surface area contributed by atoms with E-state index in [9.17, 15) is 0 Å². The number of hydrogen-bond acceptors (Lipinski definition) is 2. The van der Waals surface area contributed by atoms with Crippen LogP contribution in [0, 0.1) is 0 Å². The Bertz CT molecular complexity index is 84.1. The fourth-order valence-corrected chi connectivity index (χ4v) is 0.909. The molecule has 0 aliphatic heterocycles. The normalized spacial score (nSPS) is 12.0. The monoisotopic (exact) mass is 180 g/mol. The molecule has 0 aromatic rings. The largest absolute Gasteiger partial charge is 0.385 e. The Morgan fingerprint density at radius 2 is 1.45 bits per heavy atom. The van der Waals surface area contributed by atoms with Crippen LogP contribution in [0.2, 0.25) is 0 Å². The summed E-state index contributed by atoms with van der Waals surface area (Å²) in [6.07, 6.45) is 1.74. The number of ether oxygens (including phenoxy) is 2. The predicted octanol–water partition coefficient (Wildman–Crippen LogP) is 2.06. The molecule has 11 heavy (non-hydrogen) atoms. The maximum atomic E-state index is 6.13. The van der Waals surface area contributed by atoms with E-state index in [0.717, 1.165) is 12.8 Å². The van der Waals surface area contributed by atoms with Crippen molar-refractivity contribution in [3.63, 3.8) is 0 Å². The molecule has 0 fully saturated rings. The van der Waals surface area contributed by atoms with Gasteiger partial charge >= 0.3 is 0 Å². The smallest absolute Gasteiger partial charge is 0.0478 e. The molecular weight excluding hydrogens is 164 g/mol. The highest BCUT2D eigenvalue weighted by molar-refractivity contribution is 6.23. The lowest BCUT2D eigenvalue weighted by Gasteiger charge is -2.20. The fraction of sp³-hybridized carbons (Fsp3) is 1.00. The molecule has 0 bridgehead atoms. The highest BCUT2D eigenvalue weighted by Gasteiger charge is 2.19. The van der Waals surface area contributed by atoms with Crippen molar-refractivity contribution in [2.24, 2.45) is 0 Å². The minimum absolute atomic E-state index is 0.175. The van der Waals surface area contributed by atoms with Gasteiger partial charge in [-0.05, 0) is 19.8 Å². The summed E-state index contributed by atoms with van der Waals surface area (Å²) in [6.45, 7) is 3.43. The zero-order chi connectivity index (χ0) is 8.74. The van der Waals surface area contributed by atoms with E-state index < -0.39 is 0 Å². The lowest BCUT2D eigenvalue weighted by atomic mass is 10.0. The zero-order valence-electron chi connectivity index (χ0n) is 7.52. The number of alkyl halides is 1. The van der Waals surface area contributed by atoms with Crippen molar-refractivity contribution in [1.29, 1.82) is 0 Å². The molecule has 0 radical (unpaired) electrons. The van der Waals surface area contributed by atoms with Gasteiger partial charge in [0.05, 0.1) is 0 Å². The van der Waals surface area contributed by atoms with Crippen LogP contribution in [-0.2, 0) is 9.47 Å². The van der Waals surface area contributed by atoms with Crippen LogP contribution in [0.1, 0.15) is 19.8 Å². The van der Waals surface area contributed by atoms with E-state index in [0.29, 0.717) is 13.2 Å². The Morgan fingerprint density at radius 1 is 1.09 bits per heavy atom. The van der Waals surface area contributed by atoms with Gasteiger partial charge in [-0.15, -0.1) is 11.6 Å². The molecule has 0 atom stereocenters. The van der Waals surface area contributed by atoms with Gasteiger partial charge in [-0.2, -0.15) is 0 Å². The highest BCUT2D eigenvalue weighted by atomic mass is 35.5. The van der Waals surface area contributed by atoms with Crippen molar-refractivity contribution < 1.29 is 9.47 Å². The molecule has 0 spiro atoms. The molecule has 0 aromatic carbocycles. The Hall–Kier alpha value is 0.210. The first-order valence-corrected chi connectivity index (χ1v) is 4.17. The standard InChI is InChI=1S/C8H17ClO2/c1-8(9,4-6-10-2)5-7-11-3/h4-7H2,1-3H3. The average Bonchev–Trinajstić information content (AvgIpc) is 1.97. The van der Waals surface area contributed by atoms with Gasteiger partial charge in [0.15, 0.2) is 0 Å². The molecule has 0 N–H and O–H groups in total. The van der Waals surface area contributed by atoms with Gasteiger partial charge in [0, 0.05) is 32.3 Å². The van der Waals surface area contributed by atoms with Gasteiger partial charge in [-0.1, -0.05) is 0 Å². The van der Waals surface area contributed by atoms with E-state index in [1.807, 2.05) is 6.92 Å². The Kier molecular flexibility index (Phi) is 5.92. The summed E-state index contributed by atoms with van der Waals surface area (Å²) in [5.74, 6) is 0. The number of methoxy groups -OCH3 is 2. The summed E-state index contributed by atoms with van der Waals surface area (Å²) in [7, 11) is 3.37. The summed E-state index contributed by atoms with van der Waals surface area (Å²) >= 11 is 6.13. The predicted molar refractivity (Wildman–Crippen MR) is 47.2 cm³/mol. The first-order chi connectivity index (χ1) is 5.12. The van der Waals surface area contributed by atoms with Gasteiger partial charge in [0.25, 0.3) is 0 Å². The third-order valence-corrected chi connectivity index (χ3v) is 2.03. The molecule has 0 amide bonds. The highest BCUT2D eigenvalue weighted by Crippen LogP contribution is 2.23. The Labute approximate surface area is 73.8 Å². The minimum Gasteiger partial charge on any atom is -0.385 e. The van der Waals surface area contributed by atoms with Crippen LogP contribution in [0.4, 0.5) is 0 Å². The van der Waals surface area contributed by atoms with E-state index in [4.69, 9.17) is 21.1 Å². The topological polar surface area (TPSA) is 18.5 Å². The minimum atomic E-state index is -0.175. The molecular formula is C8H17ClO2. The molecule has 68 valence electrons. The summed E-state index contributed by atoms with van der Waals surface area (Å²) in [5.41, 5.74) is 0. The van der Waals surface area contributed by atoms with Crippen LogP contribution in [0.5, 0.6) is 0 Å². The van der Waals surface area contributed by atoms with Crippen LogP contribution in [0.25, 0.3) is 0 Å². The van der Waals surface area contributed by atoms with E-state index >= 15 is 0 Å². The van der Waals surface area contributed by atoms with Gasteiger partial charge in [-0.3, -0.25) is 0 Å². The molecule has 0 aliphatic carbocycles. The van der Waals surface area contributed by atoms with Gasteiger partial charge in [0.1, 0.15) is 0 Å². The van der Waals surface area contributed by atoms with Crippen molar-refractivity contribution in [3.8, 4) is 0 Å². The third-order valence-electron chi connectivity index (χ3n) is 1.65. The summed E-state index contributed by atoms with van der Waals surface area (Å²) in [5, 5.41) is 0. The number of rotatable bonds is 6. The molecule has 0 heterocycles. The van der Waals surface area contributed by atoms with Crippen LogP contribution in [-0.4, -0.2) is 32.3 Å². The van der Waals surface area contributed by atoms with Crippen molar-refractivity contribution in [2.75, 3.05) is 27.4 Å². The Balaban J connectivity index is 3.43. The maximum Gasteiger partial charge on any atom is 0.0478 e. The summed E-state index contributed by atoms with van der Waals surface area (Å²) in [6, 6.07) is 0. The SMILES string of the molecule is COCCC(C)(Cl)CCOC. The van der Waals surface area contributed by atoms with Gasteiger partial charge in [-0.25, -0.2) is 0 Å². The van der Waals surface area contributed by atoms with Crippen molar-refractivity contribution >= 4 is 11.6 Å². The lowest BCUT2D eigenvalue weighted by molar-refractivity contribution is 0.158. The zero-order valence-corrected chi connectivity index (χ0v) is 8.28. The quantitative estimate of drug-likeness (QED) is 0.583. The van der Waals surface area contributed by atoms with Crippen molar-refractivity contribution in [2.45, 2.75) is 24.6 Å². The molecule has 0 rings (SSSR count). The summed E-state index contributed by atoms with van der Waals surface area (Å²) < 4.78 is 9.86. The van der Waals surface area contributed by atoms with E-state index in [1.165, 1.54) is 0 Å². The van der Waals surface area contributed by atoms with Crippen molar-refractivity contribution in [3.05, 3.63) is 0 Å². The number of hydrogen-bond donors (Lipinski definition) is 0. The van der Waals surface area contributed by atoms with Crippen LogP contribution in [0.15, 0.2) is 0 Å². The summed E-state index contributed by atoms with van der Waals surface area (Å²) in [4.78, 5) is -0.175. The molecule has 0 unspecified atom stereocenters. The molecule has 0 saturated carbocycles. The second-order valence-electron chi connectivity index (χ2n) is 2.90. The van der Waals surface area contributed by atoms with Crippen LogP contribution < -0.4 is 0 Å². The first kappa shape index (κ1) is 11.2. The molecule has 3 heteroatoms. The number of halogens is 1. The second-order valence-corrected chi connectivity index (χ2v) is 3.81. The van der Waals surface area contributed by atoms with Crippen LogP contribution >= 0.6 is 11.6 Å². The molecule has 0 aliphatic rings. The van der Waals surface area contributed by atoms with Crippen LogP contribution in [0.3, 0.4) is 0 Å². The van der Waals surface area contributed by atoms with Crippen molar-refractivity contribution in [1.82, 2.24) is 0 Å². The molecule has 2 nitrogen and oxygen atoms in total. The second kappa shape index (κ2) is 5.81. The van der Waals surface area contributed by atoms with Gasteiger partial charge in [0.2, 0.25) is 0 Å². The average molecular weight is 181 g/mol. The van der Waals surface area contributed by atoms with E-state index in [1.54, 1.807) is 14.2 Å². The Morgan fingerprint density at radius 3 is 1.73 bits per heavy atom. The van der Waals surface area contributed by atoms with E-state index in [-0.39, 0.29) is 4.87 Å². The maximum absolute atomic E-state index is 6.13. The molecule has 0 aromatic heterocycles. The lowest BCUT2D eigenvalue weighted by Crippen LogP contribution is -2.20. The first-order valence-electron chi connectivity index (χ1n) is 3.79.